The van der Waals surface area contributed by atoms with Crippen molar-refractivity contribution in [1.29, 1.82) is 0 Å². The second-order valence-electron chi connectivity index (χ2n) is 6.77. The molecule has 0 saturated heterocycles. The van der Waals surface area contributed by atoms with Crippen LogP contribution in [0.25, 0.3) is 0 Å². The van der Waals surface area contributed by atoms with Gasteiger partial charge in [0.05, 0.1) is 13.2 Å². The first-order valence-corrected chi connectivity index (χ1v) is 8.89. The van der Waals surface area contributed by atoms with Crippen molar-refractivity contribution in [2.45, 2.75) is 91.3 Å². The maximum absolute atomic E-state index is 6.24. The second kappa shape index (κ2) is 9.78. The summed E-state index contributed by atoms with van der Waals surface area (Å²) in [6.07, 6.45) is 10.8. The minimum Gasteiger partial charge on any atom is -0.350 e. The Bertz CT molecular complexity index is 216. The third-order valence-electron chi connectivity index (χ3n) is 4.96. The van der Waals surface area contributed by atoms with E-state index in [9.17, 15) is 0 Å². The predicted molar refractivity (Wildman–Crippen MR) is 85.9 cm³/mol. The van der Waals surface area contributed by atoms with Crippen molar-refractivity contribution in [2.24, 2.45) is 11.8 Å². The van der Waals surface area contributed by atoms with Gasteiger partial charge < -0.3 is 9.47 Å². The molecule has 0 spiro atoms. The van der Waals surface area contributed by atoms with E-state index in [1.807, 2.05) is 0 Å². The lowest BCUT2D eigenvalue weighted by Gasteiger charge is -2.37. The first-order chi connectivity index (χ1) is 9.62. The van der Waals surface area contributed by atoms with Crippen molar-refractivity contribution in [2.75, 3.05) is 13.2 Å². The van der Waals surface area contributed by atoms with Crippen LogP contribution in [-0.2, 0) is 9.47 Å². The highest BCUT2D eigenvalue weighted by Gasteiger charge is 2.33. The lowest BCUT2D eigenvalue weighted by atomic mass is 9.93. The van der Waals surface area contributed by atoms with Crippen LogP contribution in [0.1, 0.15) is 85.5 Å². The van der Waals surface area contributed by atoms with E-state index < -0.39 is 0 Å². The summed E-state index contributed by atoms with van der Waals surface area (Å²) >= 11 is 0. The molecule has 0 heterocycles. The average molecular weight is 284 g/mol. The van der Waals surface area contributed by atoms with Crippen molar-refractivity contribution in [1.82, 2.24) is 0 Å². The molecule has 0 radical (unpaired) electrons. The van der Waals surface area contributed by atoms with Gasteiger partial charge in [-0.3, -0.25) is 0 Å². The summed E-state index contributed by atoms with van der Waals surface area (Å²) in [6.45, 7) is 10.8. The molecule has 0 aromatic carbocycles. The van der Waals surface area contributed by atoms with Crippen LogP contribution in [0, 0.1) is 11.8 Å². The first kappa shape index (κ1) is 18.0. The van der Waals surface area contributed by atoms with Gasteiger partial charge >= 0.3 is 0 Å². The minimum atomic E-state index is -0.251. The van der Waals surface area contributed by atoms with Gasteiger partial charge in [-0.15, -0.1) is 0 Å². The fraction of sp³-hybridized carbons (Fsp3) is 1.00. The molecule has 0 amide bonds. The molecule has 120 valence electrons. The second-order valence-corrected chi connectivity index (χ2v) is 6.77. The van der Waals surface area contributed by atoms with Crippen LogP contribution in [0.15, 0.2) is 0 Å². The quantitative estimate of drug-likeness (QED) is 0.489. The molecule has 2 unspecified atom stereocenters. The highest BCUT2D eigenvalue weighted by Crippen LogP contribution is 2.33. The SMILES string of the molecule is CCC(C)CCOC1(OCCC(C)CC)CCCCC1. The smallest absolute Gasteiger partial charge is 0.168 e. The summed E-state index contributed by atoms with van der Waals surface area (Å²) in [6, 6.07) is 0. The van der Waals surface area contributed by atoms with Crippen LogP contribution in [0.2, 0.25) is 0 Å². The lowest BCUT2D eigenvalue weighted by molar-refractivity contribution is -0.254. The Balaban J connectivity index is 2.36. The summed E-state index contributed by atoms with van der Waals surface area (Å²) in [5.41, 5.74) is 0. The van der Waals surface area contributed by atoms with Crippen molar-refractivity contribution in [3.05, 3.63) is 0 Å². The zero-order chi connectivity index (χ0) is 14.8. The third-order valence-corrected chi connectivity index (χ3v) is 4.96. The Labute approximate surface area is 126 Å². The Morgan fingerprint density at radius 1 is 0.800 bits per heavy atom. The molecule has 20 heavy (non-hydrogen) atoms. The first-order valence-electron chi connectivity index (χ1n) is 8.89. The zero-order valence-electron chi connectivity index (χ0n) is 14.2. The third kappa shape index (κ3) is 6.58. The van der Waals surface area contributed by atoms with Gasteiger partial charge in [-0.05, 0) is 37.5 Å². The highest BCUT2D eigenvalue weighted by atomic mass is 16.7. The van der Waals surface area contributed by atoms with Gasteiger partial charge in [0.1, 0.15) is 0 Å². The van der Waals surface area contributed by atoms with E-state index >= 15 is 0 Å². The number of rotatable bonds is 10. The molecule has 2 heteroatoms. The van der Waals surface area contributed by atoms with Crippen LogP contribution < -0.4 is 0 Å². The van der Waals surface area contributed by atoms with E-state index in [0.29, 0.717) is 0 Å². The normalized spacial score (nSPS) is 21.6. The molecule has 0 N–H and O–H groups in total. The molecule has 1 saturated carbocycles. The van der Waals surface area contributed by atoms with Crippen molar-refractivity contribution >= 4 is 0 Å². The van der Waals surface area contributed by atoms with E-state index in [0.717, 1.165) is 50.7 Å². The Morgan fingerprint density at radius 2 is 1.25 bits per heavy atom. The van der Waals surface area contributed by atoms with E-state index in [1.165, 1.54) is 32.1 Å². The summed E-state index contributed by atoms with van der Waals surface area (Å²) in [7, 11) is 0. The summed E-state index contributed by atoms with van der Waals surface area (Å²) in [5.74, 6) is 1.27. The van der Waals surface area contributed by atoms with E-state index in [1.54, 1.807) is 0 Å². The molecule has 1 aliphatic carbocycles. The predicted octanol–water partition coefficient (Wildman–Crippen LogP) is 5.55. The van der Waals surface area contributed by atoms with Crippen LogP contribution in [-0.4, -0.2) is 19.0 Å². The fourth-order valence-electron chi connectivity index (χ4n) is 2.72. The molecule has 2 atom stereocenters. The van der Waals surface area contributed by atoms with Crippen LogP contribution >= 0.6 is 0 Å². The summed E-state index contributed by atoms with van der Waals surface area (Å²) < 4.78 is 12.5. The van der Waals surface area contributed by atoms with E-state index in [2.05, 4.69) is 27.7 Å². The van der Waals surface area contributed by atoms with Gasteiger partial charge in [0, 0.05) is 12.8 Å². The van der Waals surface area contributed by atoms with Gasteiger partial charge in [-0.25, -0.2) is 0 Å². The zero-order valence-corrected chi connectivity index (χ0v) is 14.2. The number of ether oxygens (including phenoxy) is 2. The van der Waals surface area contributed by atoms with Gasteiger partial charge in [0.2, 0.25) is 0 Å². The monoisotopic (exact) mass is 284 g/mol. The Hall–Kier alpha value is -0.0800. The van der Waals surface area contributed by atoms with Crippen LogP contribution in [0.4, 0.5) is 0 Å². The van der Waals surface area contributed by atoms with Gasteiger partial charge in [-0.1, -0.05) is 47.0 Å². The molecule has 0 bridgehead atoms. The van der Waals surface area contributed by atoms with Crippen molar-refractivity contribution in [3.8, 4) is 0 Å². The Kier molecular flexibility index (Phi) is 8.79. The molecule has 0 aliphatic heterocycles. The minimum absolute atomic E-state index is 0.251. The van der Waals surface area contributed by atoms with Crippen LogP contribution in [0.5, 0.6) is 0 Å². The average Bonchev–Trinajstić information content (AvgIpc) is 2.47. The van der Waals surface area contributed by atoms with Crippen molar-refractivity contribution in [3.63, 3.8) is 0 Å². The summed E-state index contributed by atoms with van der Waals surface area (Å²) in [4.78, 5) is 0. The largest absolute Gasteiger partial charge is 0.350 e. The number of hydrogen-bond donors (Lipinski definition) is 0. The van der Waals surface area contributed by atoms with Crippen LogP contribution in [0.3, 0.4) is 0 Å². The molecule has 1 fully saturated rings. The van der Waals surface area contributed by atoms with Gasteiger partial charge in [0.15, 0.2) is 5.79 Å². The van der Waals surface area contributed by atoms with Gasteiger partial charge in [0.25, 0.3) is 0 Å². The topological polar surface area (TPSA) is 18.5 Å². The highest BCUT2D eigenvalue weighted by molar-refractivity contribution is 4.76. The van der Waals surface area contributed by atoms with Crippen molar-refractivity contribution < 1.29 is 9.47 Å². The number of hydrogen-bond acceptors (Lipinski definition) is 2. The molecular formula is C18H36O2. The molecule has 0 aromatic heterocycles. The molecular weight excluding hydrogens is 248 g/mol. The molecule has 1 rings (SSSR count). The molecule has 2 nitrogen and oxygen atoms in total. The maximum Gasteiger partial charge on any atom is 0.168 e. The molecule has 0 aromatic rings. The van der Waals surface area contributed by atoms with E-state index in [4.69, 9.17) is 9.47 Å². The van der Waals surface area contributed by atoms with E-state index in [-0.39, 0.29) is 5.79 Å². The standard InChI is InChI=1S/C18H36O2/c1-5-16(3)10-14-19-18(12-8-7-9-13-18)20-15-11-17(4)6-2/h16-17H,5-15H2,1-4H3. The van der Waals surface area contributed by atoms with Gasteiger partial charge in [-0.2, -0.15) is 0 Å². The maximum atomic E-state index is 6.24. The fourth-order valence-corrected chi connectivity index (χ4v) is 2.72. The molecule has 1 aliphatic rings. The Morgan fingerprint density at radius 3 is 1.65 bits per heavy atom. The summed E-state index contributed by atoms with van der Waals surface area (Å²) in [5, 5.41) is 0. The lowest BCUT2D eigenvalue weighted by Crippen LogP contribution is -2.39.